The molecule has 0 unspecified atom stereocenters. The first-order valence-electron chi connectivity index (χ1n) is 9.78. The minimum atomic E-state index is -0.270. The number of nitrogens with zero attached hydrogens (tertiary/aromatic N) is 2. The summed E-state index contributed by atoms with van der Waals surface area (Å²) in [7, 11) is 1.55. The topological polar surface area (TPSA) is 72.9 Å². The zero-order chi connectivity index (χ0) is 21.5. The van der Waals surface area contributed by atoms with Gasteiger partial charge in [0.1, 0.15) is 5.82 Å². The van der Waals surface area contributed by atoms with Crippen LogP contribution in [0.4, 0.5) is 11.5 Å². The third-order valence-electron chi connectivity index (χ3n) is 4.38. The molecule has 7 nitrogen and oxygen atoms in total. The summed E-state index contributed by atoms with van der Waals surface area (Å²) < 4.78 is 16.4. The number of morpholine rings is 1. The number of aromatic nitrogens is 1. The summed E-state index contributed by atoms with van der Waals surface area (Å²) in [5.74, 6) is 1.60. The lowest BCUT2D eigenvalue weighted by atomic mass is 10.2. The Labute approximate surface area is 181 Å². The summed E-state index contributed by atoms with van der Waals surface area (Å²) in [6, 6.07) is 7.22. The standard InChI is InChI=1S/C22H26ClN3O4/c1-15(2)30-22-18(23)12-16(13-19(22)28-3)4-7-21(27)25-17-5-6-20(24-14-17)26-8-10-29-11-9-26/h4-7,12-15H,8-11H2,1-3H3,(H,25,27). The SMILES string of the molecule is COc1cc(C=CC(=O)Nc2ccc(N3CCOCC3)nc2)cc(Cl)c1OC(C)C. The summed E-state index contributed by atoms with van der Waals surface area (Å²) in [5, 5.41) is 3.22. The molecule has 1 amide bonds. The molecule has 1 N–H and O–H groups in total. The fraction of sp³-hybridized carbons (Fsp3) is 0.364. The maximum Gasteiger partial charge on any atom is 0.248 e. The summed E-state index contributed by atoms with van der Waals surface area (Å²) in [5.41, 5.74) is 1.35. The van der Waals surface area contributed by atoms with Crippen molar-refractivity contribution in [3.63, 3.8) is 0 Å². The molecule has 0 bridgehead atoms. The number of amides is 1. The van der Waals surface area contributed by atoms with Crippen molar-refractivity contribution in [2.45, 2.75) is 20.0 Å². The molecular formula is C22H26ClN3O4. The molecule has 1 aliphatic heterocycles. The van der Waals surface area contributed by atoms with Crippen LogP contribution < -0.4 is 19.7 Å². The molecule has 0 saturated carbocycles. The summed E-state index contributed by atoms with van der Waals surface area (Å²) in [6.07, 6.45) is 4.71. The monoisotopic (exact) mass is 431 g/mol. The number of carbonyl (C=O) groups excluding carboxylic acids is 1. The highest BCUT2D eigenvalue weighted by Gasteiger charge is 2.14. The Morgan fingerprint density at radius 3 is 2.70 bits per heavy atom. The van der Waals surface area contributed by atoms with Crippen molar-refractivity contribution in [2.75, 3.05) is 43.6 Å². The number of carbonyl (C=O) groups is 1. The van der Waals surface area contributed by atoms with E-state index in [1.165, 1.54) is 6.08 Å². The second-order valence-corrected chi connectivity index (χ2v) is 7.43. The second-order valence-electron chi connectivity index (χ2n) is 7.03. The van der Waals surface area contributed by atoms with E-state index in [0.29, 0.717) is 35.4 Å². The zero-order valence-electron chi connectivity index (χ0n) is 17.4. The Morgan fingerprint density at radius 1 is 1.30 bits per heavy atom. The maximum absolute atomic E-state index is 12.3. The first-order valence-corrected chi connectivity index (χ1v) is 10.2. The summed E-state index contributed by atoms with van der Waals surface area (Å²) >= 11 is 6.32. The van der Waals surface area contributed by atoms with Crippen molar-refractivity contribution in [3.05, 3.63) is 47.1 Å². The average Bonchev–Trinajstić information content (AvgIpc) is 2.74. The number of benzene rings is 1. The fourth-order valence-corrected chi connectivity index (χ4v) is 3.25. The van der Waals surface area contributed by atoms with Crippen LogP contribution in [0, 0.1) is 0 Å². The van der Waals surface area contributed by atoms with Gasteiger partial charge in [0.2, 0.25) is 5.91 Å². The number of ether oxygens (including phenoxy) is 3. The smallest absolute Gasteiger partial charge is 0.248 e. The highest BCUT2D eigenvalue weighted by Crippen LogP contribution is 2.37. The molecule has 0 atom stereocenters. The van der Waals surface area contributed by atoms with Gasteiger partial charge in [-0.1, -0.05) is 11.6 Å². The Kier molecular flexibility index (Phi) is 7.54. The summed E-state index contributed by atoms with van der Waals surface area (Å²) in [6.45, 7) is 6.85. The van der Waals surface area contributed by atoms with Crippen molar-refractivity contribution < 1.29 is 19.0 Å². The van der Waals surface area contributed by atoms with Crippen molar-refractivity contribution in [1.29, 1.82) is 0 Å². The predicted molar refractivity (Wildman–Crippen MR) is 119 cm³/mol. The van der Waals surface area contributed by atoms with Crippen molar-refractivity contribution in [1.82, 2.24) is 4.98 Å². The van der Waals surface area contributed by atoms with Gasteiger partial charge in [0.15, 0.2) is 11.5 Å². The average molecular weight is 432 g/mol. The van der Waals surface area contributed by atoms with Gasteiger partial charge >= 0.3 is 0 Å². The van der Waals surface area contributed by atoms with Gasteiger partial charge in [-0.2, -0.15) is 0 Å². The lowest BCUT2D eigenvalue weighted by Crippen LogP contribution is -2.36. The lowest BCUT2D eigenvalue weighted by Gasteiger charge is -2.27. The molecule has 160 valence electrons. The molecule has 30 heavy (non-hydrogen) atoms. The van der Waals surface area contributed by atoms with Crippen molar-refractivity contribution in [3.8, 4) is 11.5 Å². The van der Waals surface area contributed by atoms with Crippen LogP contribution in [0.2, 0.25) is 5.02 Å². The van der Waals surface area contributed by atoms with Gasteiger partial charge in [-0.3, -0.25) is 4.79 Å². The molecule has 1 fully saturated rings. The first kappa shape index (κ1) is 21.9. The van der Waals surface area contributed by atoms with E-state index in [1.807, 2.05) is 26.0 Å². The number of hydrogen-bond donors (Lipinski definition) is 1. The molecule has 0 radical (unpaired) electrons. The van der Waals surface area contributed by atoms with Crippen LogP contribution in [0.15, 0.2) is 36.5 Å². The highest BCUT2D eigenvalue weighted by molar-refractivity contribution is 6.32. The zero-order valence-corrected chi connectivity index (χ0v) is 18.1. The minimum Gasteiger partial charge on any atom is -0.493 e. The van der Waals surface area contributed by atoms with E-state index in [4.69, 9.17) is 25.8 Å². The van der Waals surface area contributed by atoms with Gasteiger partial charge in [-0.15, -0.1) is 0 Å². The number of rotatable bonds is 7. The van der Waals surface area contributed by atoms with Crippen LogP contribution in [-0.4, -0.2) is 50.4 Å². The largest absolute Gasteiger partial charge is 0.493 e. The van der Waals surface area contributed by atoms with E-state index < -0.39 is 0 Å². The number of nitrogens with one attached hydrogen (secondary N) is 1. The fourth-order valence-electron chi connectivity index (χ4n) is 2.98. The third-order valence-corrected chi connectivity index (χ3v) is 4.66. The minimum absolute atomic E-state index is 0.0354. The third kappa shape index (κ3) is 5.87. The van der Waals surface area contributed by atoms with Gasteiger partial charge in [-0.05, 0) is 49.8 Å². The maximum atomic E-state index is 12.3. The van der Waals surface area contributed by atoms with Crippen LogP contribution in [0.5, 0.6) is 11.5 Å². The van der Waals surface area contributed by atoms with E-state index in [1.54, 1.807) is 31.5 Å². The molecule has 1 aromatic carbocycles. The van der Waals surface area contributed by atoms with E-state index in [0.717, 1.165) is 24.5 Å². The molecule has 0 spiro atoms. The van der Waals surface area contributed by atoms with E-state index in [2.05, 4.69) is 15.2 Å². The quantitative estimate of drug-likeness (QED) is 0.667. The predicted octanol–water partition coefficient (Wildman–Crippen LogP) is 4.02. The van der Waals surface area contributed by atoms with E-state index in [9.17, 15) is 4.79 Å². The Morgan fingerprint density at radius 2 is 2.07 bits per heavy atom. The molecule has 1 saturated heterocycles. The number of hydrogen-bond acceptors (Lipinski definition) is 6. The number of methoxy groups -OCH3 is 1. The normalized spacial score (nSPS) is 14.2. The molecular weight excluding hydrogens is 406 g/mol. The van der Waals surface area contributed by atoms with Crippen molar-refractivity contribution in [2.24, 2.45) is 0 Å². The molecule has 3 rings (SSSR count). The number of halogens is 1. The molecule has 8 heteroatoms. The molecule has 0 aliphatic carbocycles. The molecule has 1 aliphatic rings. The molecule has 2 heterocycles. The van der Waals surface area contributed by atoms with Crippen LogP contribution in [0.25, 0.3) is 6.08 Å². The number of pyridine rings is 1. The van der Waals surface area contributed by atoms with Gasteiger partial charge < -0.3 is 24.4 Å². The highest BCUT2D eigenvalue weighted by atomic mass is 35.5. The van der Waals surface area contributed by atoms with Gasteiger partial charge in [-0.25, -0.2) is 4.98 Å². The van der Waals surface area contributed by atoms with Crippen LogP contribution in [0.1, 0.15) is 19.4 Å². The molecule has 2 aromatic rings. The first-order chi connectivity index (χ1) is 14.5. The van der Waals surface area contributed by atoms with E-state index >= 15 is 0 Å². The molecule has 1 aromatic heterocycles. The van der Waals surface area contributed by atoms with Gasteiger partial charge in [0, 0.05) is 19.2 Å². The van der Waals surface area contributed by atoms with Gasteiger partial charge in [0.05, 0.1) is 43.3 Å². The van der Waals surface area contributed by atoms with Gasteiger partial charge in [0.25, 0.3) is 0 Å². The van der Waals surface area contributed by atoms with Crippen molar-refractivity contribution >= 4 is 35.1 Å². The lowest BCUT2D eigenvalue weighted by molar-refractivity contribution is -0.111. The Bertz CT molecular complexity index is 894. The van der Waals surface area contributed by atoms with E-state index in [-0.39, 0.29) is 12.0 Å². The van der Waals surface area contributed by atoms with Crippen LogP contribution in [-0.2, 0) is 9.53 Å². The van der Waals surface area contributed by atoms with Crippen LogP contribution in [0.3, 0.4) is 0 Å². The number of anilines is 2. The van der Waals surface area contributed by atoms with Crippen LogP contribution >= 0.6 is 11.6 Å². The summed E-state index contributed by atoms with van der Waals surface area (Å²) in [4.78, 5) is 18.9. The Balaban J connectivity index is 1.63. The second kappa shape index (κ2) is 10.3. The Hall–Kier alpha value is -2.77.